The molecule has 4 nitrogen and oxygen atoms in total. The molecule has 0 saturated carbocycles. The van der Waals surface area contributed by atoms with Crippen molar-refractivity contribution < 1.29 is 0 Å². The molecule has 0 atom stereocenters. The minimum absolute atomic E-state index is 0.777. The fraction of sp³-hybridized carbons (Fsp3) is 0.429. The van der Waals surface area contributed by atoms with Crippen LogP contribution in [0, 0.1) is 6.92 Å². The number of benzene rings is 1. The summed E-state index contributed by atoms with van der Waals surface area (Å²) in [7, 11) is 0. The maximum absolute atomic E-state index is 4.24. The van der Waals surface area contributed by atoms with Crippen LogP contribution in [0.15, 0.2) is 30.6 Å². The number of rotatable bonds is 6. The van der Waals surface area contributed by atoms with Crippen molar-refractivity contribution in [3.63, 3.8) is 0 Å². The van der Waals surface area contributed by atoms with Crippen LogP contribution < -0.4 is 5.32 Å². The van der Waals surface area contributed by atoms with Gasteiger partial charge in [0.05, 0.1) is 6.54 Å². The maximum Gasteiger partial charge on any atom is 0.140 e. The molecule has 0 fully saturated rings. The zero-order valence-electron chi connectivity index (χ0n) is 11.1. The normalized spacial score (nSPS) is 10.8. The average molecular weight is 244 g/mol. The molecule has 0 bridgehead atoms. The first kappa shape index (κ1) is 12.8. The van der Waals surface area contributed by atoms with E-state index in [0.717, 1.165) is 31.9 Å². The minimum atomic E-state index is 0.777. The quantitative estimate of drug-likeness (QED) is 0.790. The van der Waals surface area contributed by atoms with E-state index in [0.29, 0.717) is 0 Å². The van der Waals surface area contributed by atoms with Gasteiger partial charge in [-0.15, -0.1) is 0 Å². The lowest BCUT2D eigenvalue weighted by Gasteiger charge is -2.06. The van der Waals surface area contributed by atoms with E-state index in [1.54, 1.807) is 6.33 Å². The minimum Gasteiger partial charge on any atom is -0.310 e. The molecule has 0 aliphatic rings. The van der Waals surface area contributed by atoms with Gasteiger partial charge in [-0.05, 0) is 32.4 Å². The number of hydrogen-bond acceptors (Lipinski definition) is 3. The van der Waals surface area contributed by atoms with Crippen molar-refractivity contribution in [3.05, 3.63) is 47.5 Å². The highest BCUT2D eigenvalue weighted by molar-refractivity contribution is 5.22. The van der Waals surface area contributed by atoms with Gasteiger partial charge in [0.1, 0.15) is 12.2 Å². The molecule has 2 rings (SSSR count). The predicted octanol–water partition coefficient (Wildman–Crippen LogP) is 1.94. The SMILES string of the molecule is CCn1ncnc1CNCCc1cccc(C)c1. The van der Waals surface area contributed by atoms with Gasteiger partial charge in [0.15, 0.2) is 0 Å². The molecule has 0 amide bonds. The van der Waals surface area contributed by atoms with Crippen molar-refractivity contribution >= 4 is 0 Å². The summed E-state index contributed by atoms with van der Waals surface area (Å²) in [5.74, 6) is 1.00. The van der Waals surface area contributed by atoms with Gasteiger partial charge in [-0.2, -0.15) is 5.10 Å². The topological polar surface area (TPSA) is 42.7 Å². The molecule has 1 aromatic carbocycles. The zero-order chi connectivity index (χ0) is 12.8. The van der Waals surface area contributed by atoms with Gasteiger partial charge in [-0.25, -0.2) is 9.67 Å². The fourth-order valence-electron chi connectivity index (χ4n) is 1.99. The van der Waals surface area contributed by atoms with E-state index in [4.69, 9.17) is 0 Å². The highest BCUT2D eigenvalue weighted by Crippen LogP contribution is 2.04. The third-order valence-electron chi connectivity index (χ3n) is 2.95. The van der Waals surface area contributed by atoms with Crippen molar-refractivity contribution in [2.75, 3.05) is 6.54 Å². The molecule has 4 heteroatoms. The lowest BCUT2D eigenvalue weighted by atomic mass is 10.1. The molecule has 96 valence electrons. The average Bonchev–Trinajstić information content (AvgIpc) is 2.82. The molecule has 0 saturated heterocycles. The standard InChI is InChI=1S/C14H20N4/c1-3-18-14(16-11-17-18)10-15-8-7-13-6-4-5-12(2)9-13/h4-6,9,11,15H,3,7-8,10H2,1-2H3. The molecular formula is C14H20N4. The van der Waals surface area contributed by atoms with E-state index in [1.165, 1.54) is 11.1 Å². The largest absolute Gasteiger partial charge is 0.310 e. The summed E-state index contributed by atoms with van der Waals surface area (Å²) < 4.78 is 1.92. The van der Waals surface area contributed by atoms with Crippen molar-refractivity contribution in [1.82, 2.24) is 20.1 Å². The Labute approximate surface area is 108 Å². The van der Waals surface area contributed by atoms with Gasteiger partial charge in [0.25, 0.3) is 0 Å². The van der Waals surface area contributed by atoms with Gasteiger partial charge in [-0.3, -0.25) is 0 Å². The monoisotopic (exact) mass is 244 g/mol. The Kier molecular flexibility index (Phi) is 4.47. The summed E-state index contributed by atoms with van der Waals surface area (Å²) in [6, 6.07) is 8.64. The van der Waals surface area contributed by atoms with E-state index >= 15 is 0 Å². The molecule has 1 heterocycles. The van der Waals surface area contributed by atoms with Gasteiger partial charge in [0.2, 0.25) is 0 Å². The van der Waals surface area contributed by atoms with Gasteiger partial charge in [0, 0.05) is 6.54 Å². The number of aryl methyl sites for hydroxylation is 2. The highest BCUT2D eigenvalue weighted by atomic mass is 15.3. The van der Waals surface area contributed by atoms with Crippen LogP contribution in [0.4, 0.5) is 0 Å². The second-order valence-electron chi connectivity index (χ2n) is 4.41. The number of hydrogen-bond donors (Lipinski definition) is 1. The molecule has 0 aliphatic carbocycles. The molecule has 2 aromatic rings. The van der Waals surface area contributed by atoms with E-state index in [2.05, 4.69) is 53.5 Å². The first-order valence-corrected chi connectivity index (χ1v) is 6.42. The number of nitrogens with one attached hydrogen (secondary N) is 1. The predicted molar refractivity (Wildman–Crippen MR) is 72.3 cm³/mol. The van der Waals surface area contributed by atoms with Crippen molar-refractivity contribution in [2.24, 2.45) is 0 Å². The van der Waals surface area contributed by atoms with Crippen LogP contribution in [-0.4, -0.2) is 21.3 Å². The van der Waals surface area contributed by atoms with Crippen LogP contribution >= 0.6 is 0 Å². The molecule has 0 unspecified atom stereocenters. The summed E-state index contributed by atoms with van der Waals surface area (Å²) in [6.45, 7) is 6.81. The number of aromatic nitrogens is 3. The first-order valence-electron chi connectivity index (χ1n) is 6.42. The molecule has 1 aromatic heterocycles. The van der Waals surface area contributed by atoms with Crippen molar-refractivity contribution in [1.29, 1.82) is 0 Å². The Morgan fingerprint density at radius 1 is 1.33 bits per heavy atom. The third kappa shape index (κ3) is 3.40. The highest BCUT2D eigenvalue weighted by Gasteiger charge is 2.01. The molecule has 1 N–H and O–H groups in total. The van der Waals surface area contributed by atoms with Gasteiger partial charge >= 0.3 is 0 Å². The molecule has 0 aliphatic heterocycles. The molecular weight excluding hydrogens is 224 g/mol. The summed E-state index contributed by atoms with van der Waals surface area (Å²) in [6.07, 6.45) is 2.66. The van der Waals surface area contributed by atoms with Crippen LogP contribution in [0.5, 0.6) is 0 Å². The van der Waals surface area contributed by atoms with E-state index in [9.17, 15) is 0 Å². The summed E-state index contributed by atoms with van der Waals surface area (Å²) in [4.78, 5) is 4.24. The van der Waals surface area contributed by atoms with Crippen LogP contribution in [0.3, 0.4) is 0 Å². The Hall–Kier alpha value is -1.68. The lowest BCUT2D eigenvalue weighted by Crippen LogP contribution is -2.19. The maximum atomic E-state index is 4.24. The summed E-state index contributed by atoms with van der Waals surface area (Å²) >= 11 is 0. The third-order valence-corrected chi connectivity index (χ3v) is 2.95. The molecule has 0 radical (unpaired) electrons. The van der Waals surface area contributed by atoms with E-state index in [1.807, 2.05) is 4.68 Å². The second kappa shape index (κ2) is 6.31. The molecule has 0 spiro atoms. The number of nitrogens with zero attached hydrogens (tertiary/aromatic N) is 3. The Balaban J connectivity index is 1.76. The van der Waals surface area contributed by atoms with Gasteiger partial charge < -0.3 is 5.32 Å². The van der Waals surface area contributed by atoms with E-state index in [-0.39, 0.29) is 0 Å². The second-order valence-corrected chi connectivity index (χ2v) is 4.41. The van der Waals surface area contributed by atoms with Crippen LogP contribution in [0.25, 0.3) is 0 Å². The van der Waals surface area contributed by atoms with E-state index < -0.39 is 0 Å². The van der Waals surface area contributed by atoms with Crippen LogP contribution in [0.1, 0.15) is 23.9 Å². The smallest absolute Gasteiger partial charge is 0.140 e. The lowest BCUT2D eigenvalue weighted by molar-refractivity contribution is 0.573. The Morgan fingerprint density at radius 3 is 3.00 bits per heavy atom. The van der Waals surface area contributed by atoms with Crippen LogP contribution in [0.2, 0.25) is 0 Å². The Bertz CT molecular complexity index is 490. The zero-order valence-corrected chi connectivity index (χ0v) is 11.1. The summed E-state index contributed by atoms with van der Waals surface area (Å²) in [5, 5.41) is 7.56. The fourth-order valence-corrected chi connectivity index (χ4v) is 1.99. The Morgan fingerprint density at radius 2 is 2.22 bits per heavy atom. The first-order chi connectivity index (χ1) is 8.79. The van der Waals surface area contributed by atoms with Crippen molar-refractivity contribution in [3.8, 4) is 0 Å². The van der Waals surface area contributed by atoms with Crippen molar-refractivity contribution in [2.45, 2.75) is 33.4 Å². The van der Waals surface area contributed by atoms with Gasteiger partial charge in [-0.1, -0.05) is 29.8 Å². The molecule has 18 heavy (non-hydrogen) atoms. The summed E-state index contributed by atoms with van der Waals surface area (Å²) in [5.41, 5.74) is 2.69. The van der Waals surface area contributed by atoms with Crippen LogP contribution in [-0.2, 0) is 19.5 Å².